The zero-order valence-corrected chi connectivity index (χ0v) is 10.7. The van der Waals surface area contributed by atoms with Crippen LogP contribution in [0.5, 0.6) is 0 Å². The van der Waals surface area contributed by atoms with Gasteiger partial charge in [-0.25, -0.2) is 4.39 Å². The Morgan fingerprint density at radius 3 is 2.74 bits per heavy atom. The van der Waals surface area contributed by atoms with E-state index in [0.717, 1.165) is 11.1 Å². The molecule has 0 bridgehead atoms. The summed E-state index contributed by atoms with van der Waals surface area (Å²) in [7, 11) is 0. The number of halogens is 2. The van der Waals surface area contributed by atoms with Gasteiger partial charge in [-0.15, -0.1) is 11.6 Å². The van der Waals surface area contributed by atoms with Crippen LogP contribution in [-0.2, 0) is 4.79 Å². The zero-order chi connectivity index (χ0) is 13.4. The molecule has 98 valence electrons. The number of amides is 1. The van der Waals surface area contributed by atoms with Gasteiger partial charge < -0.3 is 0 Å². The number of hydrogen-bond acceptors (Lipinski definition) is 2. The van der Waals surface area contributed by atoms with Gasteiger partial charge in [-0.05, 0) is 17.7 Å². The number of rotatable bonds is 2. The molecular weight excluding hydrogens is 269 g/mol. The molecule has 2 aromatic rings. The number of alkyl halides is 1. The van der Waals surface area contributed by atoms with Crippen molar-refractivity contribution in [2.24, 2.45) is 0 Å². The number of aromatic nitrogens is 2. The van der Waals surface area contributed by atoms with Crippen molar-refractivity contribution in [2.45, 2.75) is 11.8 Å². The average Bonchev–Trinajstić information content (AvgIpc) is 2.96. The molecule has 1 saturated heterocycles. The highest BCUT2D eigenvalue weighted by Crippen LogP contribution is 2.32. The molecule has 6 heteroatoms. The Bertz CT molecular complexity index is 611. The first kappa shape index (κ1) is 12.2. The van der Waals surface area contributed by atoms with Crippen molar-refractivity contribution in [3.8, 4) is 11.1 Å². The van der Waals surface area contributed by atoms with Crippen molar-refractivity contribution in [3.63, 3.8) is 0 Å². The van der Waals surface area contributed by atoms with E-state index in [9.17, 15) is 9.18 Å². The summed E-state index contributed by atoms with van der Waals surface area (Å²) < 4.78 is 12.9. The Morgan fingerprint density at radius 2 is 2.11 bits per heavy atom. The summed E-state index contributed by atoms with van der Waals surface area (Å²) >= 11 is 5.99. The molecule has 19 heavy (non-hydrogen) atoms. The van der Waals surface area contributed by atoms with Gasteiger partial charge in [0.25, 0.3) is 0 Å². The van der Waals surface area contributed by atoms with Gasteiger partial charge in [-0.1, -0.05) is 12.1 Å². The average molecular weight is 280 g/mol. The summed E-state index contributed by atoms with van der Waals surface area (Å²) in [5.74, 6) is 0.277. The van der Waals surface area contributed by atoms with E-state index < -0.39 is 0 Å². The smallest absolute Gasteiger partial charge is 0.229 e. The fraction of sp³-hybridized carbons (Fsp3) is 0.231. The molecule has 1 unspecified atom stereocenters. The topological polar surface area (TPSA) is 49.0 Å². The van der Waals surface area contributed by atoms with Crippen molar-refractivity contribution in [1.29, 1.82) is 0 Å². The van der Waals surface area contributed by atoms with E-state index >= 15 is 0 Å². The number of aromatic amines is 1. The van der Waals surface area contributed by atoms with Crippen molar-refractivity contribution in [1.82, 2.24) is 10.2 Å². The lowest BCUT2D eigenvalue weighted by Crippen LogP contribution is -2.25. The highest BCUT2D eigenvalue weighted by atomic mass is 35.5. The summed E-state index contributed by atoms with van der Waals surface area (Å²) in [4.78, 5) is 13.4. The summed E-state index contributed by atoms with van der Waals surface area (Å²) in [6.45, 7) is 0.455. The quantitative estimate of drug-likeness (QED) is 0.859. The van der Waals surface area contributed by atoms with E-state index in [-0.39, 0.29) is 17.1 Å². The lowest BCUT2D eigenvalue weighted by atomic mass is 10.1. The Hall–Kier alpha value is -1.88. The highest BCUT2D eigenvalue weighted by molar-refractivity contribution is 6.24. The van der Waals surface area contributed by atoms with Gasteiger partial charge in [-0.2, -0.15) is 5.10 Å². The maximum atomic E-state index is 12.9. The lowest BCUT2D eigenvalue weighted by molar-refractivity contribution is -0.117. The van der Waals surface area contributed by atoms with Crippen LogP contribution in [0, 0.1) is 5.82 Å². The monoisotopic (exact) mass is 279 g/mol. The number of nitrogens with one attached hydrogen (secondary N) is 1. The fourth-order valence-electron chi connectivity index (χ4n) is 2.21. The number of benzene rings is 1. The number of H-pyrrole nitrogens is 1. The van der Waals surface area contributed by atoms with Gasteiger partial charge in [-0.3, -0.25) is 14.8 Å². The van der Waals surface area contributed by atoms with Gasteiger partial charge in [0.1, 0.15) is 11.6 Å². The maximum Gasteiger partial charge on any atom is 0.229 e. The predicted molar refractivity (Wildman–Crippen MR) is 70.6 cm³/mol. The maximum absolute atomic E-state index is 12.9. The molecule has 1 fully saturated rings. The normalized spacial score (nSPS) is 19.2. The molecule has 1 atom stereocenters. The second-order valence-electron chi connectivity index (χ2n) is 4.44. The van der Waals surface area contributed by atoms with E-state index in [1.807, 2.05) is 0 Å². The first-order chi connectivity index (χ1) is 9.15. The summed E-state index contributed by atoms with van der Waals surface area (Å²) in [5.41, 5.74) is 1.56. The van der Waals surface area contributed by atoms with Crippen LogP contribution in [0.2, 0.25) is 0 Å². The third-order valence-corrected chi connectivity index (χ3v) is 3.41. The van der Waals surface area contributed by atoms with Crippen molar-refractivity contribution < 1.29 is 9.18 Å². The number of anilines is 1. The van der Waals surface area contributed by atoms with Crippen molar-refractivity contribution in [3.05, 3.63) is 36.3 Å². The molecule has 1 N–H and O–H groups in total. The van der Waals surface area contributed by atoms with Crippen LogP contribution < -0.4 is 4.90 Å². The molecule has 0 aliphatic carbocycles. The molecule has 1 aromatic heterocycles. The summed E-state index contributed by atoms with van der Waals surface area (Å²) in [5, 5.41) is 6.60. The minimum Gasteiger partial charge on any atom is -0.295 e. The van der Waals surface area contributed by atoms with Gasteiger partial charge in [0.2, 0.25) is 5.91 Å². The van der Waals surface area contributed by atoms with E-state index in [1.165, 1.54) is 12.1 Å². The Labute approximate surface area is 114 Å². The second-order valence-corrected chi connectivity index (χ2v) is 5.06. The molecule has 1 amide bonds. The van der Waals surface area contributed by atoms with Gasteiger partial charge in [0.05, 0.1) is 11.6 Å². The molecule has 1 aliphatic rings. The first-order valence-corrected chi connectivity index (χ1v) is 6.32. The molecule has 4 nitrogen and oxygen atoms in total. The predicted octanol–water partition coefficient (Wildman–Crippen LogP) is 2.56. The molecule has 0 spiro atoms. The Morgan fingerprint density at radius 1 is 1.37 bits per heavy atom. The first-order valence-electron chi connectivity index (χ1n) is 5.89. The minimum absolute atomic E-state index is 0.0346. The standard InChI is InChI=1S/C13H11ClFN3O/c14-9-5-12(19)18(7-9)13-11(6-16-17-13)8-1-3-10(15)4-2-8/h1-4,6,9H,5,7H2,(H,16,17). The molecule has 3 rings (SSSR count). The third-order valence-electron chi connectivity index (χ3n) is 3.12. The highest BCUT2D eigenvalue weighted by Gasteiger charge is 2.31. The van der Waals surface area contributed by atoms with E-state index in [1.54, 1.807) is 23.2 Å². The summed E-state index contributed by atoms with van der Waals surface area (Å²) in [6.07, 6.45) is 1.95. The Balaban J connectivity index is 1.99. The van der Waals surface area contributed by atoms with E-state index in [0.29, 0.717) is 18.8 Å². The number of carbonyl (C=O) groups excluding carboxylic acids is 1. The number of hydrogen-bond donors (Lipinski definition) is 1. The van der Waals surface area contributed by atoms with Crippen LogP contribution in [0.15, 0.2) is 30.5 Å². The van der Waals surface area contributed by atoms with Crippen LogP contribution in [0.25, 0.3) is 11.1 Å². The van der Waals surface area contributed by atoms with Crippen LogP contribution >= 0.6 is 11.6 Å². The van der Waals surface area contributed by atoms with E-state index in [4.69, 9.17) is 11.6 Å². The molecule has 2 heterocycles. The van der Waals surface area contributed by atoms with Crippen molar-refractivity contribution in [2.75, 3.05) is 11.4 Å². The zero-order valence-electron chi connectivity index (χ0n) is 9.94. The van der Waals surface area contributed by atoms with E-state index in [2.05, 4.69) is 10.2 Å². The third kappa shape index (κ3) is 2.21. The molecule has 1 aromatic carbocycles. The minimum atomic E-state index is -0.299. The Kier molecular flexibility index (Phi) is 2.98. The van der Waals surface area contributed by atoms with Crippen LogP contribution in [0.1, 0.15) is 6.42 Å². The molecule has 1 aliphatic heterocycles. The van der Waals surface area contributed by atoms with Crippen LogP contribution in [0.3, 0.4) is 0 Å². The number of nitrogens with zero attached hydrogens (tertiary/aromatic N) is 2. The second kappa shape index (κ2) is 4.66. The van der Waals surface area contributed by atoms with Gasteiger partial charge in [0, 0.05) is 18.5 Å². The largest absolute Gasteiger partial charge is 0.295 e. The molecule has 0 radical (unpaired) electrons. The lowest BCUT2D eigenvalue weighted by Gasteiger charge is -2.15. The summed E-state index contributed by atoms with van der Waals surface area (Å²) in [6, 6.07) is 6.06. The van der Waals surface area contributed by atoms with Gasteiger partial charge in [0.15, 0.2) is 0 Å². The SMILES string of the molecule is O=C1CC(Cl)CN1c1[nH]ncc1-c1ccc(F)cc1. The fourth-order valence-corrected chi connectivity index (χ4v) is 2.48. The van der Waals surface area contributed by atoms with Crippen LogP contribution in [0.4, 0.5) is 10.2 Å². The molecular formula is C13H11ClFN3O. The van der Waals surface area contributed by atoms with Crippen molar-refractivity contribution >= 4 is 23.3 Å². The molecule has 0 saturated carbocycles. The van der Waals surface area contributed by atoms with Gasteiger partial charge >= 0.3 is 0 Å². The number of carbonyl (C=O) groups is 1. The van der Waals surface area contributed by atoms with Crippen LogP contribution in [-0.4, -0.2) is 28.0 Å².